The Hall–Kier alpha value is -1.30. The molecule has 3 rings (SSSR count). The Balaban J connectivity index is 2.00. The first kappa shape index (κ1) is 14.6. The van der Waals surface area contributed by atoms with Gasteiger partial charge >= 0.3 is 7.12 Å². The highest BCUT2D eigenvalue weighted by atomic mass is 35.5. The molecule has 1 aromatic carbocycles. The van der Waals surface area contributed by atoms with Crippen LogP contribution in [0, 0.1) is 0 Å². The van der Waals surface area contributed by atoms with Gasteiger partial charge in [0.15, 0.2) is 0 Å². The molecule has 1 aromatic heterocycles. The van der Waals surface area contributed by atoms with Crippen LogP contribution < -0.4 is 5.59 Å². The van der Waals surface area contributed by atoms with Gasteiger partial charge in [-0.05, 0) is 45.9 Å². The first-order chi connectivity index (χ1) is 9.82. The van der Waals surface area contributed by atoms with Crippen molar-refractivity contribution in [1.82, 2.24) is 9.78 Å². The van der Waals surface area contributed by atoms with Crippen LogP contribution in [0.5, 0.6) is 0 Å². The first-order valence-corrected chi connectivity index (χ1v) is 7.34. The Morgan fingerprint density at radius 1 is 1.05 bits per heavy atom. The molecule has 21 heavy (non-hydrogen) atoms. The zero-order valence-electron chi connectivity index (χ0n) is 12.6. The van der Waals surface area contributed by atoms with Crippen LogP contribution in [0.25, 0.3) is 5.69 Å². The van der Waals surface area contributed by atoms with Crippen molar-refractivity contribution >= 4 is 24.3 Å². The summed E-state index contributed by atoms with van der Waals surface area (Å²) in [6.07, 6.45) is 1.73. The summed E-state index contributed by atoms with van der Waals surface area (Å²) in [5, 5.41) is 5.00. The van der Waals surface area contributed by atoms with E-state index in [-0.39, 0.29) is 11.2 Å². The summed E-state index contributed by atoms with van der Waals surface area (Å²) in [5.41, 5.74) is 0.885. The molecule has 1 aliphatic rings. The molecule has 0 N–H and O–H groups in total. The van der Waals surface area contributed by atoms with Crippen LogP contribution in [0.4, 0.5) is 0 Å². The fourth-order valence-corrected chi connectivity index (χ4v) is 2.50. The maximum atomic E-state index is 6.26. The molecule has 0 amide bonds. The number of aromatic nitrogens is 2. The molecule has 0 spiro atoms. The van der Waals surface area contributed by atoms with Gasteiger partial charge in [-0.2, -0.15) is 5.10 Å². The highest BCUT2D eigenvalue weighted by Gasteiger charge is 2.52. The first-order valence-electron chi connectivity index (χ1n) is 6.96. The van der Waals surface area contributed by atoms with Gasteiger partial charge in [-0.15, -0.1) is 0 Å². The van der Waals surface area contributed by atoms with Crippen LogP contribution in [0.3, 0.4) is 0 Å². The fourth-order valence-electron chi connectivity index (χ4n) is 2.28. The summed E-state index contributed by atoms with van der Waals surface area (Å²) in [4.78, 5) is 0. The van der Waals surface area contributed by atoms with Crippen LogP contribution in [0.1, 0.15) is 27.7 Å². The summed E-state index contributed by atoms with van der Waals surface area (Å²) < 4.78 is 13.9. The molecular formula is C15H18BClN2O2. The molecule has 0 radical (unpaired) electrons. The fraction of sp³-hybridized carbons (Fsp3) is 0.400. The molecule has 0 saturated carbocycles. The monoisotopic (exact) mass is 304 g/mol. The van der Waals surface area contributed by atoms with Gasteiger partial charge in [-0.25, -0.2) is 4.68 Å². The zero-order valence-corrected chi connectivity index (χ0v) is 13.4. The summed E-state index contributed by atoms with van der Waals surface area (Å²) >= 11 is 6.26. The Morgan fingerprint density at radius 2 is 1.67 bits per heavy atom. The van der Waals surface area contributed by atoms with Crippen molar-refractivity contribution in [1.29, 1.82) is 0 Å². The molecule has 1 saturated heterocycles. The van der Waals surface area contributed by atoms with Gasteiger partial charge in [0.05, 0.1) is 27.5 Å². The van der Waals surface area contributed by atoms with E-state index in [4.69, 9.17) is 20.9 Å². The average Bonchev–Trinajstić information content (AvgIpc) is 2.93. The summed E-state index contributed by atoms with van der Waals surface area (Å²) in [7, 11) is -0.464. The third-order valence-corrected chi connectivity index (χ3v) is 4.57. The van der Waals surface area contributed by atoms with Gasteiger partial charge in [0.25, 0.3) is 0 Å². The SMILES string of the molecule is CC1(C)OB(c2ccnn2-c2ccccc2Cl)OC1(C)C. The van der Waals surface area contributed by atoms with E-state index in [1.54, 1.807) is 10.9 Å². The number of hydrogen-bond donors (Lipinski definition) is 0. The predicted molar refractivity (Wildman–Crippen MR) is 84.3 cm³/mol. The van der Waals surface area contributed by atoms with Gasteiger partial charge in [-0.1, -0.05) is 23.7 Å². The minimum absolute atomic E-state index is 0.382. The zero-order chi connectivity index (χ0) is 15.3. The Bertz CT molecular complexity index is 653. The number of rotatable bonds is 2. The Labute approximate surface area is 130 Å². The minimum Gasteiger partial charge on any atom is -0.398 e. The van der Waals surface area contributed by atoms with Crippen molar-refractivity contribution in [2.75, 3.05) is 0 Å². The maximum absolute atomic E-state index is 6.26. The molecule has 2 heterocycles. The summed E-state index contributed by atoms with van der Waals surface area (Å²) in [6.45, 7) is 8.12. The third-order valence-electron chi connectivity index (χ3n) is 4.25. The van der Waals surface area contributed by atoms with Crippen LogP contribution in [-0.2, 0) is 9.31 Å². The Morgan fingerprint density at radius 3 is 2.29 bits per heavy atom. The van der Waals surface area contributed by atoms with E-state index >= 15 is 0 Å². The summed E-state index contributed by atoms with van der Waals surface area (Å²) in [5.74, 6) is 0. The molecule has 0 bridgehead atoms. The lowest BCUT2D eigenvalue weighted by Gasteiger charge is -2.32. The molecular weight excluding hydrogens is 286 g/mol. The van der Waals surface area contributed by atoms with Gasteiger partial charge < -0.3 is 9.31 Å². The number of benzene rings is 1. The molecule has 1 aliphatic heterocycles. The molecule has 0 aliphatic carbocycles. The second-order valence-corrected chi connectivity index (χ2v) is 6.61. The smallest absolute Gasteiger partial charge is 0.398 e. The van der Waals surface area contributed by atoms with E-state index < -0.39 is 7.12 Å². The van der Waals surface area contributed by atoms with Gasteiger partial charge in [-0.3, -0.25) is 0 Å². The standard InChI is InChI=1S/C15H18BClN2O2/c1-14(2)15(3,4)21-16(20-14)13-9-10-18-19(13)12-8-6-5-7-11(12)17/h5-10H,1-4H3. The molecule has 6 heteroatoms. The molecule has 110 valence electrons. The van der Waals surface area contributed by atoms with Crippen molar-refractivity contribution < 1.29 is 9.31 Å². The van der Waals surface area contributed by atoms with Crippen LogP contribution >= 0.6 is 11.6 Å². The molecule has 2 aromatic rings. The van der Waals surface area contributed by atoms with Crippen molar-refractivity contribution in [3.63, 3.8) is 0 Å². The normalized spacial score (nSPS) is 20.0. The largest absolute Gasteiger partial charge is 0.514 e. The van der Waals surface area contributed by atoms with Crippen molar-refractivity contribution in [3.05, 3.63) is 41.6 Å². The van der Waals surface area contributed by atoms with Crippen molar-refractivity contribution in [3.8, 4) is 5.69 Å². The van der Waals surface area contributed by atoms with Crippen LogP contribution in [-0.4, -0.2) is 28.1 Å². The number of nitrogens with zero attached hydrogens (tertiary/aromatic N) is 2. The number of para-hydroxylation sites is 1. The maximum Gasteiger partial charge on any atom is 0.514 e. The third kappa shape index (κ3) is 2.39. The van der Waals surface area contributed by atoms with Gasteiger partial charge in [0, 0.05) is 6.20 Å². The van der Waals surface area contributed by atoms with Crippen LogP contribution in [0.2, 0.25) is 5.02 Å². The minimum atomic E-state index is -0.464. The highest BCUT2D eigenvalue weighted by molar-refractivity contribution is 6.61. The lowest BCUT2D eigenvalue weighted by Crippen LogP contribution is -2.41. The highest BCUT2D eigenvalue weighted by Crippen LogP contribution is 2.36. The van der Waals surface area contributed by atoms with Crippen molar-refractivity contribution in [2.24, 2.45) is 0 Å². The topological polar surface area (TPSA) is 36.3 Å². The quantitative estimate of drug-likeness (QED) is 0.801. The van der Waals surface area contributed by atoms with E-state index in [0.29, 0.717) is 5.02 Å². The molecule has 1 fully saturated rings. The van der Waals surface area contributed by atoms with Crippen molar-refractivity contribution in [2.45, 2.75) is 38.9 Å². The van der Waals surface area contributed by atoms with E-state index in [2.05, 4.69) is 5.10 Å². The average molecular weight is 305 g/mol. The van der Waals surface area contributed by atoms with Gasteiger partial charge in [0.2, 0.25) is 0 Å². The second-order valence-electron chi connectivity index (χ2n) is 6.21. The van der Waals surface area contributed by atoms with E-state index in [0.717, 1.165) is 11.3 Å². The van der Waals surface area contributed by atoms with Gasteiger partial charge in [0.1, 0.15) is 0 Å². The summed E-state index contributed by atoms with van der Waals surface area (Å²) in [6, 6.07) is 9.48. The molecule has 0 atom stereocenters. The number of halogens is 1. The van der Waals surface area contributed by atoms with E-state index in [1.807, 2.05) is 58.0 Å². The van der Waals surface area contributed by atoms with E-state index in [9.17, 15) is 0 Å². The Kier molecular flexibility index (Phi) is 3.39. The second kappa shape index (κ2) is 4.87. The number of hydrogen-bond acceptors (Lipinski definition) is 3. The molecule has 4 nitrogen and oxygen atoms in total. The molecule has 0 unspecified atom stereocenters. The van der Waals surface area contributed by atoms with E-state index in [1.165, 1.54) is 0 Å². The lowest BCUT2D eigenvalue weighted by molar-refractivity contribution is 0.00578. The lowest BCUT2D eigenvalue weighted by atomic mass is 9.84. The van der Waals surface area contributed by atoms with Crippen LogP contribution in [0.15, 0.2) is 36.5 Å². The predicted octanol–water partition coefficient (Wildman–Crippen LogP) is 2.82.